The van der Waals surface area contributed by atoms with Gasteiger partial charge in [-0.25, -0.2) is 9.78 Å². The van der Waals surface area contributed by atoms with Gasteiger partial charge < -0.3 is 10.1 Å². The molecule has 0 aliphatic heterocycles. The number of thiazole rings is 1. The molecule has 3 aromatic rings. The first kappa shape index (κ1) is 19.6. The zero-order valence-corrected chi connectivity index (χ0v) is 16.5. The Labute approximate surface area is 167 Å². The number of amides is 1. The molecule has 28 heavy (non-hydrogen) atoms. The molecule has 2 N–H and O–H groups in total. The first-order chi connectivity index (χ1) is 13.6. The molecule has 0 saturated carbocycles. The van der Waals surface area contributed by atoms with Crippen LogP contribution in [0.5, 0.6) is 0 Å². The van der Waals surface area contributed by atoms with Crippen LogP contribution in [-0.4, -0.2) is 23.5 Å². The van der Waals surface area contributed by atoms with E-state index in [0.717, 1.165) is 11.3 Å². The van der Waals surface area contributed by atoms with Crippen LogP contribution < -0.4 is 10.6 Å². The normalized spacial score (nSPS) is 10.4. The lowest BCUT2D eigenvalue weighted by Gasteiger charge is -2.09. The molecule has 0 bridgehead atoms. The number of rotatable bonds is 7. The number of benzene rings is 2. The van der Waals surface area contributed by atoms with Crippen molar-refractivity contribution in [1.82, 2.24) is 4.98 Å². The number of nitrogens with one attached hydrogen (secondary N) is 2. The lowest BCUT2D eigenvalue weighted by atomic mass is 10.1. The number of esters is 1. The number of ether oxygens (including phenoxy) is 1. The highest BCUT2D eigenvalue weighted by Gasteiger charge is 2.14. The standard InChI is InChI=1S/C21H21N3O3S/c1-3-27-20(26)18-13-28-21(23-18)24-19(25)16-10-8-15(9-11-16)12-22-17-7-5-4-6-14(17)2/h4-11,13,22H,3,12H2,1-2H3,(H,23,24,25). The van der Waals surface area contributed by atoms with E-state index in [9.17, 15) is 9.59 Å². The summed E-state index contributed by atoms with van der Waals surface area (Å²) in [5.74, 6) is -0.770. The second-order valence-electron chi connectivity index (χ2n) is 6.08. The van der Waals surface area contributed by atoms with Crippen molar-refractivity contribution < 1.29 is 14.3 Å². The molecule has 1 aromatic heterocycles. The van der Waals surface area contributed by atoms with E-state index in [0.29, 0.717) is 17.2 Å². The molecule has 0 atom stereocenters. The molecule has 6 nitrogen and oxygen atoms in total. The Balaban J connectivity index is 1.58. The largest absolute Gasteiger partial charge is 0.461 e. The van der Waals surface area contributed by atoms with Crippen molar-refractivity contribution in [2.24, 2.45) is 0 Å². The van der Waals surface area contributed by atoms with Gasteiger partial charge in [0.05, 0.1) is 6.61 Å². The molecule has 1 amide bonds. The Hall–Kier alpha value is -3.19. The minimum absolute atomic E-state index is 0.194. The van der Waals surface area contributed by atoms with Crippen LogP contribution >= 0.6 is 11.3 Å². The molecule has 0 unspecified atom stereocenters. The minimum atomic E-state index is -0.496. The second-order valence-corrected chi connectivity index (χ2v) is 6.94. The molecule has 3 rings (SSSR count). The molecule has 0 radical (unpaired) electrons. The van der Waals surface area contributed by atoms with Gasteiger partial charge in [0.15, 0.2) is 10.8 Å². The van der Waals surface area contributed by atoms with Gasteiger partial charge in [-0.05, 0) is 43.2 Å². The highest BCUT2D eigenvalue weighted by atomic mass is 32.1. The lowest BCUT2D eigenvalue weighted by molar-refractivity contribution is 0.0520. The maximum absolute atomic E-state index is 12.4. The van der Waals surface area contributed by atoms with Crippen LogP contribution in [0, 0.1) is 6.92 Å². The summed E-state index contributed by atoms with van der Waals surface area (Å²) in [5.41, 5.74) is 4.06. The van der Waals surface area contributed by atoms with Crippen LogP contribution in [0.2, 0.25) is 0 Å². The zero-order valence-electron chi connectivity index (χ0n) is 15.7. The minimum Gasteiger partial charge on any atom is -0.461 e. The highest BCUT2D eigenvalue weighted by molar-refractivity contribution is 7.14. The Morgan fingerprint density at radius 1 is 1.11 bits per heavy atom. The fraction of sp³-hybridized carbons (Fsp3) is 0.190. The molecule has 144 valence electrons. The van der Waals surface area contributed by atoms with E-state index in [-0.39, 0.29) is 18.2 Å². The van der Waals surface area contributed by atoms with Crippen LogP contribution in [0.4, 0.5) is 10.8 Å². The summed E-state index contributed by atoms with van der Waals surface area (Å²) < 4.78 is 4.89. The van der Waals surface area contributed by atoms with Crippen molar-refractivity contribution in [3.8, 4) is 0 Å². The summed E-state index contributed by atoms with van der Waals surface area (Å²) in [6.45, 7) is 4.74. The van der Waals surface area contributed by atoms with Crippen molar-refractivity contribution in [1.29, 1.82) is 0 Å². The summed E-state index contributed by atoms with van der Waals surface area (Å²) in [4.78, 5) is 28.1. The fourth-order valence-electron chi connectivity index (χ4n) is 2.54. The smallest absolute Gasteiger partial charge is 0.357 e. The summed E-state index contributed by atoms with van der Waals surface area (Å²) >= 11 is 1.18. The third-order valence-electron chi connectivity index (χ3n) is 4.05. The van der Waals surface area contributed by atoms with Crippen molar-refractivity contribution in [3.05, 3.63) is 76.3 Å². The van der Waals surface area contributed by atoms with Gasteiger partial charge in [0.2, 0.25) is 0 Å². The zero-order chi connectivity index (χ0) is 19.9. The second kappa shape index (κ2) is 9.14. The van der Waals surface area contributed by atoms with Crippen LogP contribution in [0.25, 0.3) is 0 Å². The van der Waals surface area contributed by atoms with E-state index in [1.165, 1.54) is 16.9 Å². The third kappa shape index (κ3) is 4.95. The molecule has 0 saturated heterocycles. The topological polar surface area (TPSA) is 80.3 Å². The van der Waals surface area contributed by atoms with Gasteiger partial charge >= 0.3 is 5.97 Å². The Morgan fingerprint density at radius 2 is 1.86 bits per heavy atom. The van der Waals surface area contributed by atoms with E-state index in [2.05, 4.69) is 28.6 Å². The van der Waals surface area contributed by atoms with Crippen LogP contribution in [0.1, 0.15) is 38.9 Å². The van der Waals surface area contributed by atoms with Crippen LogP contribution in [0.3, 0.4) is 0 Å². The number of hydrogen-bond donors (Lipinski definition) is 2. The number of hydrogen-bond acceptors (Lipinski definition) is 6. The number of carbonyl (C=O) groups is 2. The van der Waals surface area contributed by atoms with Gasteiger partial charge in [0, 0.05) is 23.2 Å². The monoisotopic (exact) mass is 395 g/mol. The van der Waals surface area contributed by atoms with Gasteiger partial charge in [-0.3, -0.25) is 10.1 Å². The molecular formula is C21H21N3O3S. The molecule has 0 aliphatic carbocycles. The van der Waals surface area contributed by atoms with Gasteiger partial charge in [0.1, 0.15) is 0 Å². The molecular weight excluding hydrogens is 374 g/mol. The van der Waals surface area contributed by atoms with Crippen LogP contribution in [0.15, 0.2) is 53.9 Å². The number of para-hydroxylation sites is 1. The summed E-state index contributed by atoms with van der Waals surface area (Å²) in [6.07, 6.45) is 0. The van der Waals surface area contributed by atoms with E-state index >= 15 is 0 Å². The summed E-state index contributed by atoms with van der Waals surface area (Å²) in [5, 5.41) is 8.02. The Kier molecular flexibility index (Phi) is 6.39. The van der Waals surface area contributed by atoms with Crippen molar-refractivity contribution >= 4 is 34.0 Å². The number of nitrogens with zero attached hydrogens (tertiary/aromatic N) is 1. The average molecular weight is 395 g/mol. The van der Waals surface area contributed by atoms with Crippen molar-refractivity contribution in [2.75, 3.05) is 17.2 Å². The van der Waals surface area contributed by atoms with Crippen LogP contribution in [-0.2, 0) is 11.3 Å². The predicted octanol–water partition coefficient (Wildman–Crippen LogP) is 4.49. The first-order valence-electron chi connectivity index (χ1n) is 8.89. The van der Waals surface area contributed by atoms with Gasteiger partial charge in [-0.2, -0.15) is 0 Å². The summed E-state index contributed by atoms with van der Waals surface area (Å²) in [6, 6.07) is 15.4. The highest BCUT2D eigenvalue weighted by Crippen LogP contribution is 2.18. The SMILES string of the molecule is CCOC(=O)c1csc(NC(=O)c2ccc(CNc3ccccc3C)cc2)n1. The first-order valence-corrected chi connectivity index (χ1v) is 9.77. The predicted molar refractivity (Wildman–Crippen MR) is 111 cm³/mol. The van der Waals surface area contributed by atoms with E-state index in [4.69, 9.17) is 4.74 Å². The molecule has 0 aliphatic rings. The molecule has 1 heterocycles. The maximum atomic E-state index is 12.4. The molecule has 7 heteroatoms. The van der Waals surface area contributed by atoms with E-state index in [1.54, 1.807) is 24.4 Å². The van der Waals surface area contributed by atoms with Gasteiger partial charge in [-0.15, -0.1) is 11.3 Å². The third-order valence-corrected chi connectivity index (χ3v) is 4.81. The van der Waals surface area contributed by atoms with Gasteiger partial charge in [-0.1, -0.05) is 30.3 Å². The van der Waals surface area contributed by atoms with Gasteiger partial charge in [0.25, 0.3) is 5.91 Å². The number of carbonyl (C=O) groups excluding carboxylic acids is 2. The van der Waals surface area contributed by atoms with E-state index < -0.39 is 5.97 Å². The lowest BCUT2D eigenvalue weighted by Crippen LogP contribution is -2.12. The molecule has 0 spiro atoms. The maximum Gasteiger partial charge on any atom is 0.357 e. The number of aromatic nitrogens is 1. The average Bonchev–Trinajstić information content (AvgIpc) is 3.16. The quantitative estimate of drug-likeness (QED) is 0.576. The van der Waals surface area contributed by atoms with E-state index in [1.807, 2.05) is 30.3 Å². The number of aryl methyl sites for hydroxylation is 1. The summed E-state index contributed by atoms with van der Waals surface area (Å²) in [7, 11) is 0. The Morgan fingerprint density at radius 3 is 2.57 bits per heavy atom. The fourth-order valence-corrected chi connectivity index (χ4v) is 3.22. The number of anilines is 2. The van der Waals surface area contributed by atoms with Crippen molar-refractivity contribution in [2.45, 2.75) is 20.4 Å². The molecule has 0 fully saturated rings. The van der Waals surface area contributed by atoms with Crippen molar-refractivity contribution in [3.63, 3.8) is 0 Å². The molecule has 2 aromatic carbocycles. The Bertz CT molecular complexity index is 967.